The quantitative estimate of drug-likeness (QED) is 0.109. The highest BCUT2D eigenvalue weighted by molar-refractivity contribution is 6.01. The maximum atomic E-state index is 14.5. The van der Waals surface area contributed by atoms with E-state index in [2.05, 4.69) is 25.5 Å². The highest BCUT2D eigenvalue weighted by Crippen LogP contribution is 2.45. The summed E-state index contributed by atoms with van der Waals surface area (Å²) >= 11 is 0. The third kappa shape index (κ3) is 6.77. The van der Waals surface area contributed by atoms with Gasteiger partial charge in [0.15, 0.2) is 11.6 Å². The zero-order chi connectivity index (χ0) is 30.8. The molecule has 3 aromatic carbocycles. The molecular formula is C31H33N9O4. The third-order valence-electron chi connectivity index (χ3n) is 7.64. The zero-order valence-electron chi connectivity index (χ0n) is 24.1. The van der Waals surface area contributed by atoms with Gasteiger partial charge in [0.1, 0.15) is 5.75 Å². The van der Waals surface area contributed by atoms with E-state index in [0.29, 0.717) is 59.8 Å². The molecule has 1 saturated heterocycles. The van der Waals surface area contributed by atoms with Gasteiger partial charge in [-0.25, -0.2) is 10.0 Å². The van der Waals surface area contributed by atoms with E-state index in [1.807, 2.05) is 41.4 Å². The summed E-state index contributed by atoms with van der Waals surface area (Å²) in [5.41, 5.74) is 22.9. The van der Waals surface area contributed by atoms with Crippen molar-refractivity contribution in [2.24, 2.45) is 15.2 Å². The van der Waals surface area contributed by atoms with Gasteiger partial charge in [0, 0.05) is 53.6 Å². The van der Waals surface area contributed by atoms with Crippen molar-refractivity contribution in [1.82, 2.24) is 10.4 Å². The second-order valence-electron chi connectivity index (χ2n) is 10.5. The second kappa shape index (κ2) is 14.4. The molecule has 226 valence electrons. The Kier molecular flexibility index (Phi) is 9.96. The number of aliphatic hydroxyl groups excluding tert-OH is 1. The number of nitrogens with one attached hydrogen (secondary N) is 1. The van der Waals surface area contributed by atoms with E-state index in [4.69, 9.17) is 25.1 Å². The van der Waals surface area contributed by atoms with Crippen molar-refractivity contribution < 1.29 is 19.4 Å². The predicted molar refractivity (Wildman–Crippen MR) is 164 cm³/mol. The van der Waals surface area contributed by atoms with Crippen molar-refractivity contribution in [3.05, 3.63) is 116 Å². The standard InChI is InChI=1S/C31H33N9O4/c32-38-34-21-24-9-1-3-10-26(24)28-31(30(42)37-40-16-5-6-17-40,20-23-8-2-4-11-27(23)36-39-33)35-29(44-28)22-12-14-25(15-13-22)43-19-7-18-41/h1-4,8-15,28,41H,5-7,16-21H2,(H,37,42)/t28-,31-/m0/s1. The van der Waals surface area contributed by atoms with Crippen molar-refractivity contribution in [2.45, 2.75) is 43.9 Å². The van der Waals surface area contributed by atoms with Crippen LogP contribution in [-0.4, -0.2) is 53.8 Å². The average Bonchev–Trinajstić information content (AvgIpc) is 3.70. The van der Waals surface area contributed by atoms with Gasteiger partial charge in [-0.05, 0) is 64.9 Å². The summed E-state index contributed by atoms with van der Waals surface area (Å²) in [5, 5.41) is 18.6. The number of carbonyl (C=O) groups excluding carboxylic acids is 1. The van der Waals surface area contributed by atoms with Gasteiger partial charge in [0.25, 0.3) is 5.91 Å². The lowest BCUT2D eigenvalue weighted by Crippen LogP contribution is -2.54. The van der Waals surface area contributed by atoms with E-state index in [9.17, 15) is 10.3 Å². The van der Waals surface area contributed by atoms with Crippen LogP contribution in [0.1, 0.15) is 47.6 Å². The van der Waals surface area contributed by atoms with Gasteiger partial charge in [0.05, 0.1) is 13.2 Å². The molecule has 1 fully saturated rings. The lowest BCUT2D eigenvalue weighted by atomic mass is 9.80. The second-order valence-corrected chi connectivity index (χ2v) is 10.5. The third-order valence-corrected chi connectivity index (χ3v) is 7.64. The summed E-state index contributed by atoms with van der Waals surface area (Å²) in [7, 11) is 0. The van der Waals surface area contributed by atoms with Gasteiger partial charge < -0.3 is 14.6 Å². The van der Waals surface area contributed by atoms with Crippen LogP contribution >= 0.6 is 0 Å². The minimum Gasteiger partial charge on any atom is -0.494 e. The number of benzene rings is 3. The average molecular weight is 596 g/mol. The number of carbonyl (C=O) groups is 1. The molecule has 0 spiro atoms. The normalized spacial score (nSPS) is 19.3. The first kappa shape index (κ1) is 30.4. The molecule has 2 aliphatic rings. The van der Waals surface area contributed by atoms with Crippen molar-refractivity contribution in [3.63, 3.8) is 0 Å². The fourth-order valence-corrected chi connectivity index (χ4v) is 5.47. The van der Waals surface area contributed by atoms with Crippen molar-refractivity contribution in [1.29, 1.82) is 0 Å². The molecule has 0 unspecified atom stereocenters. The smallest absolute Gasteiger partial charge is 0.266 e. The van der Waals surface area contributed by atoms with Crippen LogP contribution in [0.3, 0.4) is 0 Å². The van der Waals surface area contributed by atoms with E-state index in [0.717, 1.165) is 12.8 Å². The van der Waals surface area contributed by atoms with Gasteiger partial charge in [0.2, 0.25) is 5.90 Å². The number of hydrazine groups is 1. The molecule has 2 atom stereocenters. The number of aliphatic imine (C=N–C) groups is 1. The number of azide groups is 2. The summed E-state index contributed by atoms with van der Waals surface area (Å²) in [6.45, 7) is 1.90. The fraction of sp³-hybridized carbons (Fsp3) is 0.355. The molecule has 0 bridgehead atoms. The SMILES string of the molecule is [N-]=[N+]=NCc1ccccc1[C@@H]1OC(c2ccc(OCCCO)cc2)=N[C@]1(Cc1ccccc1N=[N+]=[N-])C(=O)NN1CCCC1. The lowest BCUT2D eigenvalue weighted by molar-refractivity contribution is -0.133. The Morgan fingerprint density at radius 1 is 1.05 bits per heavy atom. The minimum atomic E-state index is -1.53. The molecule has 0 radical (unpaired) electrons. The van der Waals surface area contributed by atoms with E-state index in [-0.39, 0.29) is 31.4 Å². The number of rotatable bonds is 13. The molecule has 2 aliphatic heterocycles. The maximum absolute atomic E-state index is 14.5. The van der Waals surface area contributed by atoms with Crippen molar-refractivity contribution >= 4 is 17.5 Å². The lowest BCUT2D eigenvalue weighted by Gasteiger charge is -2.33. The summed E-state index contributed by atoms with van der Waals surface area (Å²) in [6, 6.07) is 21.6. The van der Waals surface area contributed by atoms with Crippen LogP contribution in [0.2, 0.25) is 0 Å². The van der Waals surface area contributed by atoms with Gasteiger partial charge in [-0.1, -0.05) is 58.8 Å². The van der Waals surface area contributed by atoms with Crippen LogP contribution in [0, 0.1) is 0 Å². The zero-order valence-corrected chi connectivity index (χ0v) is 24.1. The van der Waals surface area contributed by atoms with Crippen LogP contribution in [0.4, 0.5) is 5.69 Å². The highest BCUT2D eigenvalue weighted by Gasteiger charge is 2.54. The highest BCUT2D eigenvalue weighted by atomic mass is 16.5. The minimum absolute atomic E-state index is 0.0374. The largest absolute Gasteiger partial charge is 0.494 e. The van der Waals surface area contributed by atoms with Crippen molar-refractivity contribution in [2.75, 3.05) is 26.3 Å². The number of nitrogens with zero attached hydrogens (tertiary/aromatic N) is 8. The Morgan fingerprint density at radius 3 is 2.50 bits per heavy atom. The first-order valence-corrected chi connectivity index (χ1v) is 14.5. The summed E-state index contributed by atoms with van der Waals surface area (Å²) in [5.74, 6) is 0.518. The van der Waals surface area contributed by atoms with Crippen LogP contribution in [-0.2, 0) is 22.5 Å². The molecule has 5 rings (SSSR count). The van der Waals surface area contributed by atoms with E-state index in [1.54, 1.807) is 36.4 Å². The summed E-state index contributed by atoms with van der Waals surface area (Å²) in [4.78, 5) is 25.5. The van der Waals surface area contributed by atoms with E-state index < -0.39 is 11.6 Å². The molecule has 0 aliphatic carbocycles. The Morgan fingerprint density at radius 2 is 1.77 bits per heavy atom. The molecule has 2 heterocycles. The van der Waals surface area contributed by atoms with Crippen LogP contribution in [0.5, 0.6) is 5.75 Å². The summed E-state index contributed by atoms with van der Waals surface area (Å²) < 4.78 is 12.3. The molecule has 0 aromatic heterocycles. The van der Waals surface area contributed by atoms with E-state index >= 15 is 0 Å². The molecule has 1 amide bonds. The first-order valence-electron chi connectivity index (χ1n) is 14.5. The van der Waals surface area contributed by atoms with Gasteiger partial charge in [-0.2, -0.15) is 0 Å². The molecule has 3 aromatic rings. The Bertz CT molecular complexity index is 1590. The topological polar surface area (TPSA) is 181 Å². The predicted octanol–water partition coefficient (Wildman–Crippen LogP) is 5.83. The monoisotopic (exact) mass is 595 g/mol. The van der Waals surface area contributed by atoms with Crippen LogP contribution < -0.4 is 10.2 Å². The number of amides is 1. The summed E-state index contributed by atoms with van der Waals surface area (Å²) in [6.07, 6.45) is 1.59. The Hall–Kier alpha value is -5.06. The maximum Gasteiger partial charge on any atom is 0.266 e. The van der Waals surface area contributed by atoms with Gasteiger partial charge in [-0.15, -0.1) is 0 Å². The van der Waals surface area contributed by atoms with Gasteiger partial charge in [-0.3, -0.25) is 10.2 Å². The molecule has 44 heavy (non-hydrogen) atoms. The Labute approximate surface area is 254 Å². The molecular weight excluding hydrogens is 562 g/mol. The molecule has 13 nitrogen and oxygen atoms in total. The molecule has 2 N–H and O–H groups in total. The number of aliphatic hydroxyl groups is 1. The molecule has 0 saturated carbocycles. The van der Waals surface area contributed by atoms with Crippen molar-refractivity contribution in [3.8, 4) is 5.75 Å². The molecule has 13 heteroatoms. The number of hydrogen-bond acceptors (Lipinski definition) is 8. The number of hydrogen-bond donors (Lipinski definition) is 2. The first-order chi connectivity index (χ1) is 21.6. The Balaban J connectivity index is 1.64. The van der Waals surface area contributed by atoms with Crippen LogP contribution in [0.15, 0.2) is 88.0 Å². The fourth-order valence-electron chi connectivity index (χ4n) is 5.47. The van der Waals surface area contributed by atoms with Gasteiger partial charge >= 0.3 is 0 Å². The van der Waals surface area contributed by atoms with E-state index in [1.165, 1.54) is 0 Å². The number of ether oxygens (including phenoxy) is 2. The van der Waals surface area contributed by atoms with Crippen LogP contribution in [0.25, 0.3) is 20.9 Å².